The smallest absolute Gasteiger partial charge is 0.282 e. The topological polar surface area (TPSA) is 46.4 Å². The average molecular weight is 374 g/mol. The van der Waals surface area contributed by atoms with Crippen molar-refractivity contribution in [3.8, 4) is 0 Å². The number of nitro benzene ring substituents is 1. The molecule has 1 fully saturated rings. The number of halogens is 1. The molecule has 0 amide bonds. The maximum atomic E-state index is 10.8. The van der Waals surface area contributed by atoms with Crippen molar-refractivity contribution in [3.05, 3.63) is 31.9 Å². The summed E-state index contributed by atoms with van der Waals surface area (Å²) in [6, 6.07) is 5.97. The summed E-state index contributed by atoms with van der Waals surface area (Å²) in [5.41, 5.74) is 1.28. The Hall–Kier alpha value is -0.850. The zero-order valence-electron chi connectivity index (χ0n) is 11.1. The molecule has 0 bridgehead atoms. The fourth-order valence-corrected chi connectivity index (χ4v) is 3.41. The van der Waals surface area contributed by atoms with E-state index in [1.165, 1.54) is 38.5 Å². The van der Waals surface area contributed by atoms with Crippen molar-refractivity contribution < 1.29 is 4.92 Å². The molecular weight excluding hydrogens is 355 g/mol. The van der Waals surface area contributed by atoms with E-state index in [9.17, 15) is 10.1 Å². The molecular formula is C14H19IN2O2. The third-order valence-corrected chi connectivity index (χ3v) is 4.77. The Balaban J connectivity index is 2.16. The highest BCUT2D eigenvalue weighted by molar-refractivity contribution is 14.1. The van der Waals surface area contributed by atoms with Crippen LogP contribution >= 0.6 is 22.6 Å². The van der Waals surface area contributed by atoms with Crippen LogP contribution in [0.3, 0.4) is 0 Å². The van der Waals surface area contributed by atoms with E-state index in [4.69, 9.17) is 0 Å². The Bertz CT molecular complexity index is 457. The molecule has 104 valence electrons. The van der Waals surface area contributed by atoms with Gasteiger partial charge in [-0.15, -0.1) is 0 Å². The molecule has 1 aliphatic carbocycles. The standard InChI is InChI=1S/C14H19IN2O2/c1-16(11-6-4-2-3-5-7-11)12-8-9-14(17(18)19)13(15)10-12/h8-11H,2-7H2,1H3. The molecule has 0 unspecified atom stereocenters. The zero-order valence-corrected chi connectivity index (χ0v) is 13.3. The lowest BCUT2D eigenvalue weighted by Gasteiger charge is -2.29. The monoisotopic (exact) mass is 374 g/mol. The van der Waals surface area contributed by atoms with Crippen molar-refractivity contribution in [2.45, 2.75) is 44.6 Å². The van der Waals surface area contributed by atoms with Crippen LogP contribution in [0.2, 0.25) is 0 Å². The third-order valence-electron chi connectivity index (χ3n) is 3.91. The largest absolute Gasteiger partial charge is 0.372 e. The highest BCUT2D eigenvalue weighted by atomic mass is 127. The molecule has 1 aliphatic rings. The first kappa shape index (κ1) is 14.6. The van der Waals surface area contributed by atoms with Gasteiger partial charge in [-0.3, -0.25) is 10.1 Å². The van der Waals surface area contributed by atoms with Crippen molar-refractivity contribution in [2.24, 2.45) is 0 Å². The zero-order chi connectivity index (χ0) is 13.8. The van der Waals surface area contributed by atoms with E-state index in [1.807, 2.05) is 34.7 Å². The Labute approximate surface area is 127 Å². The van der Waals surface area contributed by atoms with Crippen LogP contribution in [0, 0.1) is 13.7 Å². The first-order valence-corrected chi connectivity index (χ1v) is 7.84. The second kappa shape index (κ2) is 6.54. The molecule has 0 N–H and O–H groups in total. The second-order valence-electron chi connectivity index (χ2n) is 5.15. The van der Waals surface area contributed by atoms with Gasteiger partial charge in [0, 0.05) is 24.8 Å². The maximum Gasteiger partial charge on any atom is 0.282 e. The molecule has 5 heteroatoms. The predicted molar refractivity (Wildman–Crippen MR) is 85.7 cm³/mol. The minimum Gasteiger partial charge on any atom is -0.372 e. The van der Waals surface area contributed by atoms with Crippen LogP contribution in [0.15, 0.2) is 18.2 Å². The highest BCUT2D eigenvalue weighted by Crippen LogP contribution is 2.29. The molecule has 0 aliphatic heterocycles. The second-order valence-corrected chi connectivity index (χ2v) is 6.31. The fourth-order valence-electron chi connectivity index (χ4n) is 2.72. The van der Waals surface area contributed by atoms with E-state index in [1.54, 1.807) is 6.07 Å². The summed E-state index contributed by atoms with van der Waals surface area (Å²) in [7, 11) is 2.10. The van der Waals surface area contributed by atoms with Crippen molar-refractivity contribution in [1.29, 1.82) is 0 Å². The quantitative estimate of drug-likeness (QED) is 0.342. The van der Waals surface area contributed by atoms with E-state index >= 15 is 0 Å². The molecule has 1 aromatic rings. The molecule has 0 spiro atoms. The maximum absolute atomic E-state index is 10.8. The van der Waals surface area contributed by atoms with Gasteiger partial charge in [0.2, 0.25) is 0 Å². The number of benzene rings is 1. The number of rotatable bonds is 3. The van der Waals surface area contributed by atoms with Gasteiger partial charge >= 0.3 is 0 Å². The summed E-state index contributed by atoms with van der Waals surface area (Å²) >= 11 is 2.04. The van der Waals surface area contributed by atoms with Crippen molar-refractivity contribution in [2.75, 3.05) is 11.9 Å². The minimum atomic E-state index is -0.322. The Morgan fingerprint density at radius 1 is 1.26 bits per heavy atom. The summed E-state index contributed by atoms with van der Waals surface area (Å²) in [5, 5.41) is 10.8. The summed E-state index contributed by atoms with van der Waals surface area (Å²) in [6.45, 7) is 0. The fraction of sp³-hybridized carbons (Fsp3) is 0.571. The van der Waals surface area contributed by atoms with E-state index in [0.29, 0.717) is 9.61 Å². The Morgan fingerprint density at radius 2 is 1.89 bits per heavy atom. The normalized spacial score (nSPS) is 16.9. The van der Waals surface area contributed by atoms with Crippen LogP contribution in [0.4, 0.5) is 11.4 Å². The van der Waals surface area contributed by atoms with Crippen LogP contribution in [-0.2, 0) is 0 Å². The van der Waals surface area contributed by atoms with Gasteiger partial charge in [-0.25, -0.2) is 0 Å². The molecule has 0 saturated heterocycles. The molecule has 1 aromatic carbocycles. The number of hydrogen-bond acceptors (Lipinski definition) is 3. The van der Waals surface area contributed by atoms with Gasteiger partial charge in [-0.05, 0) is 47.6 Å². The van der Waals surface area contributed by atoms with Crippen molar-refractivity contribution in [3.63, 3.8) is 0 Å². The molecule has 0 aromatic heterocycles. The van der Waals surface area contributed by atoms with E-state index < -0.39 is 0 Å². The predicted octanol–water partition coefficient (Wildman–Crippen LogP) is 4.36. The molecule has 0 heterocycles. The molecule has 4 nitrogen and oxygen atoms in total. The average Bonchev–Trinajstić information content (AvgIpc) is 2.66. The molecule has 19 heavy (non-hydrogen) atoms. The van der Waals surface area contributed by atoms with Crippen LogP contribution in [0.25, 0.3) is 0 Å². The summed E-state index contributed by atoms with van der Waals surface area (Å²) in [5.74, 6) is 0. The number of nitro groups is 1. The lowest BCUT2D eigenvalue weighted by atomic mass is 10.1. The number of hydrogen-bond donors (Lipinski definition) is 0. The van der Waals surface area contributed by atoms with Gasteiger partial charge < -0.3 is 4.90 Å². The first-order valence-electron chi connectivity index (χ1n) is 6.76. The highest BCUT2D eigenvalue weighted by Gasteiger charge is 2.19. The van der Waals surface area contributed by atoms with E-state index in [-0.39, 0.29) is 10.6 Å². The van der Waals surface area contributed by atoms with Gasteiger partial charge in [-0.2, -0.15) is 0 Å². The molecule has 2 rings (SSSR count). The van der Waals surface area contributed by atoms with Gasteiger partial charge in [-0.1, -0.05) is 25.7 Å². The number of nitrogens with zero attached hydrogens (tertiary/aromatic N) is 2. The molecule has 0 radical (unpaired) electrons. The van der Waals surface area contributed by atoms with Gasteiger partial charge in [0.05, 0.1) is 8.49 Å². The van der Waals surface area contributed by atoms with Crippen LogP contribution in [0.5, 0.6) is 0 Å². The van der Waals surface area contributed by atoms with Crippen molar-refractivity contribution in [1.82, 2.24) is 0 Å². The summed E-state index contributed by atoms with van der Waals surface area (Å²) in [6.07, 6.45) is 7.70. The SMILES string of the molecule is CN(c1ccc([N+](=O)[O-])c(I)c1)C1CCCCCC1. The van der Waals surface area contributed by atoms with Gasteiger partial charge in [0.15, 0.2) is 0 Å². The van der Waals surface area contributed by atoms with Crippen LogP contribution in [0.1, 0.15) is 38.5 Å². The van der Waals surface area contributed by atoms with Gasteiger partial charge in [0.1, 0.15) is 0 Å². The summed E-state index contributed by atoms with van der Waals surface area (Å²) in [4.78, 5) is 12.8. The lowest BCUT2D eigenvalue weighted by Crippen LogP contribution is -2.31. The van der Waals surface area contributed by atoms with Crippen LogP contribution in [-0.4, -0.2) is 18.0 Å². The Kier molecular flexibility index (Phi) is 5.01. The third kappa shape index (κ3) is 3.58. The van der Waals surface area contributed by atoms with E-state index in [2.05, 4.69) is 11.9 Å². The number of anilines is 1. The lowest BCUT2D eigenvalue weighted by molar-refractivity contribution is -0.385. The molecule has 0 atom stereocenters. The molecule has 1 saturated carbocycles. The summed E-state index contributed by atoms with van der Waals surface area (Å²) < 4.78 is 0.709. The first-order chi connectivity index (χ1) is 9.09. The van der Waals surface area contributed by atoms with Crippen molar-refractivity contribution >= 4 is 34.0 Å². The van der Waals surface area contributed by atoms with Crippen LogP contribution < -0.4 is 4.90 Å². The Morgan fingerprint density at radius 3 is 2.42 bits per heavy atom. The minimum absolute atomic E-state index is 0.193. The van der Waals surface area contributed by atoms with Gasteiger partial charge in [0.25, 0.3) is 5.69 Å². The van der Waals surface area contributed by atoms with E-state index in [0.717, 1.165) is 5.69 Å².